The van der Waals surface area contributed by atoms with Gasteiger partial charge in [0.05, 0.1) is 11.8 Å². The van der Waals surface area contributed by atoms with Gasteiger partial charge >= 0.3 is 0 Å². The fourth-order valence-corrected chi connectivity index (χ4v) is 3.11. The molecular formula is C14H18N2O3. The summed E-state index contributed by atoms with van der Waals surface area (Å²) >= 11 is 0. The Labute approximate surface area is 111 Å². The Hall–Kier alpha value is -1.78. The van der Waals surface area contributed by atoms with Gasteiger partial charge in [0.15, 0.2) is 0 Å². The number of furan rings is 1. The molecule has 2 saturated heterocycles. The minimum Gasteiger partial charge on any atom is -0.472 e. The lowest BCUT2D eigenvalue weighted by Crippen LogP contribution is -2.42. The zero-order chi connectivity index (χ0) is 13.3. The molecule has 0 saturated carbocycles. The fraction of sp³-hybridized carbons (Fsp3) is 0.571. The van der Waals surface area contributed by atoms with Gasteiger partial charge in [-0.3, -0.25) is 9.59 Å². The Balaban J connectivity index is 1.68. The lowest BCUT2D eigenvalue weighted by molar-refractivity contribution is -0.119. The average molecular weight is 262 g/mol. The van der Waals surface area contributed by atoms with E-state index in [9.17, 15) is 9.59 Å². The number of hydrogen-bond acceptors (Lipinski definition) is 3. The lowest BCUT2D eigenvalue weighted by Gasteiger charge is -2.27. The van der Waals surface area contributed by atoms with Crippen molar-refractivity contribution in [2.45, 2.75) is 37.6 Å². The van der Waals surface area contributed by atoms with Crippen LogP contribution in [0.2, 0.25) is 0 Å². The minimum atomic E-state index is -0.0670. The van der Waals surface area contributed by atoms with Gasteiger partial charge in [-0.1, -0.05) is 0 Å². The number of nitrogens with zero attached hydrogens (tertiary/aromatic N) is 1. The second kappa shape index (κ2) is 4.72. The molecule has 2 amide bonds. The number of carbonyl (C=O) groups is 2. The van der Waals surface area contributed by atoms with Gasteiger partial charge in [-0.05, 0) is 31.7 Å². The highest BCUT2D eigenvalue weighted by atomic mass is 16.3. The molecule has 1 atom stereocenters. The molecule has 2 aliphatic rings. The normalized spacial score (nSPS) is 27.4. The smallest absolute Gasteiger partial charge is 0.257 e. The van der Waals surface area contributed by atoms with Crippen molar-refractivity contribution >= 4 is 11.8 Å². The molecule has 2 fully saturated rings. The van der Waals surface area contributed by atoms with Crippen LogP contribution in [-0.4, -0.2) is 35.3 Å². The second-order valence-corrected chi connectivity index (χ2v) is 5.49. The Kier molecular flexibility index (Phi) is 3.05. The van der Waals surface area contributed by atoms with Crippen LogP contribution in [0.5, 0.6) is 0 Å². The predicted octanol–water partition coefficient (Wildman–Crippen LogP) is 1.55. The van der Waals surface area contributed by atoms with E-state index in [2.05, 4.69) is 5.32 Å². The third kappa shape index (κ3) is 2.37. The molecule has 2 aliphatic heterocycles. The molecule has 1 N–H and O–H groups in total. The van der Waals surface area contributed by atoms with Crippen LogP contribution in [-0.2, 0) is 4.79 Å². The lowest BCUT2D eigenvalue weighted by atomic mass is 9.89. The first-order chi connectivity index (χ1) is 9.19. The zero-order valence-corrected chi connectivity index (χ0v) is 10.9. The summed E-state index contributed by atoms with van der Waals surface area (Å²) in [6.45, 7) is 1.45. The molecule has 1 aromatic rings. The van der Waals surface area contributed by atoms with Crippen LogP contribution in [0, 0.1) is 0 Å². The van der Waals surface area contributed by atoms with Crippen LogP contribution in [0.4, 0.5) is 0 Å². The second-order valence-electron chi connectivity index (χ2n) is 5.49. The Morgan fingerprint density at radius 2 is 2.21 bits per heavy atom. The Morgan fingerprint density at radius 3 is 2.89 bits per heavy atom. The quantitative estimate of drug-likeness (QED) is 0.835. The summed E-state index contributed by atoms with van der Waals surface area (Å²) in [5.74, 6) is 0.171. The molecule has 19 heavy (non-hydrogen) atoms. The first kappa shape index (κ1) is 12.3. The van der Waals surface area contributed by atoms with Gasteiger partial charge in [0.1, 0.15) is 6.26 Å². The fourth-order valence-electron chi connectivity index (χ4n) is 3.11. The van der Waals surface area contributed by atoms with E-state index in [-0.39, 0.29) is 17.4 Å². The number of nitrogens with one attached hydrogen (secondary N) is 1. The van der Waals surface area contributed by atoms with E-state index < -0.39 is 0 Å². The standard InChI is InChI=1S/C14H18N2O3/c17-12-2-5-14(15-12)4-1-7-16(8-6-14)13(18)11-3-9-19-10-11/h3,9-10H,1-2,4-8H2,(H,15,17)/t14-/m1/s1. The molecule has 0 unspecified atom stereocenters. The maximum absolute atomic E-state index is 12.3. The molecule has 102 valence electrons. The monoisotopic (exact) mass is 262 g/mol. The van der Waals surface area contributed by atoms with Gasteiger partial charge in [0.25, 0.3) is 5.91 Å². The average Bonchev–Trinajstić information content (AvgIpc) is 2.98. The highest BCUT2D eigenvalue weighted by molar-refractivity contribution is 5.93. The van der Waals surface area contributed by atoms with Crippen molar-refractivity contribution in [1.82, 2.24) is 10.2 Å². The van der Waals surface area contributed by atoms with Crippen LogP contribution >= 0.6 is 0 Å². The Morgan fingerprint density at radius 1 is 1.32 bits per heavy atom. The topological polar surface area (TPSA) is 62.6 Å². The maximum atomic E-state index is 12.3. The predicted molar refractivity (Wildman–Crippen MR) is 68.6 cm³/mol. The molecule has 0 aliphatic carbocycles. The molecule has 3 rings (SSSR count). The van der Waals surface area contributed by atoms with E-state index in [4.69, 9.17) is 4.42 Å². The molecule has 5 nitrogen and oxygen atoms in total. The van der Waals surface area contributed by atoms with E-state index in [0.717, 1.165) is 32.2 Å². The first-order valence-corrected chi connectivity index (χ1v) is 6.81. The van der Waals surface area contributed by atoms with E-state index in [1.807, 2.05) is 4.90 Å². The van der Waals surface area contributed by atoms with Crippen molar-refractivity contribution in [3.8, 4) is 0 Å². The van der Waals surface area contributed by atoms with Crippen molar-refractivity contribution in [3.63, 3.8) is 0 Å². The van der Waals surface area contributed by atoms with Crippen LogP contribution in [0.1, 0.15) is 42.5 Å². The van der Waals surface area contributed by atoms with Gasteiger partial charge in [-0.2, -0.15) is 0 Å². The summed E-state index contributed by atoms with van der Waals surface area (Å²) in [7, 11) is 0. The number of carbonyl (C=O) groups excluding carboxylic acids is 2. The van der Waals surface area contributed by atoms with Crippen molar-refractivity contribution in [2.24, 2.45) is 0 Å². The molecule has 5 heteroatoms. The van der Waals surface area contributed by atoms with Gasteiger partial charge in [-0.25, -0.2) is 0 Å². The van der Waals surface area contributed by atoms with Gasteiger partial charge in [0.2, 0.25) is 5.91 Å². The highest BCUT2D eigenvalue weighted by Gasteiger charge is 2.39. The third-order valence-corrected chi connectivity index (χ3v) is 4.23. The number of rotatable bonds is 1. The minimum absolute atomic E-state index is 0.0233. The van der Waals surface area contributed by atoms with Gasteiger partial charge < -0.3 is 14.6 Å². The van der Waals surface area contributed by atoms with Gasteiger partial charge in [-0.15, -0.1) is 0 Å². The van der Waals surface area contributed by atoms with Gasteiger partial charge in [0, 0.05) is 25.0 Å². The summed E-state index contributed by atoms with van der Waals surface area (Å²) in [6.07, 6.45) is 7.28. The Bertz CT molecular complexity index is 483. The summed E-state index contributed by atoms with van der Waals surface area (Å²) in [4.78, 5) is 25.6. The van der Waals surface area contributed by atoms with E-state index in [1.54, 1.807) is 6.07 Å². The maximum Gasteiger partial charge on any atom is 0.257 e. The molecular weight excluding hydrogens is 244 g/mol. The van der Waals surface area contributed by atoms with E-state index in [0.29, 0.717) is 18.5 Å². The van der Waals surface area contributed by atoms with E-state index >= 15 is 0 Å². The van der Waals surface area contributed by atoms with Crippen LogP contribution in [0.15, 0.2) is 23.0 Å². The molecule has 0 radical (unpaired) electrons. The molecule has 0 bridgehead atoms. The van der Waals surface area contributed by atoms with Crippen molar-refractivity contribution in [1.29, 1.82) is 0 Å². The third-order valence-electron chi connectivity index (χ3n) is 4.23. The molecule has 3 heterocycles. The SMILES string of the molecule is O=C1CC[C@@]2(CCCN(C(=O)c3ccoc3)CC2)N1. The summed E-state index contributed by atoms with van der Waals surface area (Å²) in [5, 5.41) is 3.11. The number of amides is 2. The summed E-state index contributed by atoms with van der Waals surface area (Å²) in [6, 6.07) is 1.69. The zero-order valence-electron chi connectivity index (χ0n) is 10.9. The van der Waals surface area contributed by atoms with E-state index in [1.165, 1.54) is 12.5 Å². The largest absolute Gasteiger partial charge is 0.472 e. The molecule has 1 spiro atoms. The van der Waals surface area contributed by atoms with Crippen molar-refractivity contribution < 1.29 is 14.0 Å². The van der Waals surface area contributed by atoms with Crippen molar-refractivity contribution in [3.05, 3.63) is 24.2 Å². The summed E-state index contributed by atoms with van der Waals surface area (Å²) < 4.78 is 4.96. The number of hydrogen-bond donors (Lipinski definition) is 1. The van der Waals surface area contributed by atoms with Crippen LogP contribution < -0.4 is 5.32 Å². The summed E-state index contributed by atoms with van der Waals surface area (Å²) in [5.41, 5.74) is 0.536. The number of likely N-dealkylation sites (tertiary alicyclic amines) is 1. The first-order valence-electron chi connectivity index (χ1n) is 6.81. The molecule has 1 aromatic heterocycles. The van der Waals surface area contributed by atoms with Crippen molar-refractivity contribution in [2.75, 3.05) is 13.1 Å². The highest BCUT2D eigenvalue weighted by Crippen LogP contribution is 2.31. The van der Waals surface area contributed by atoms with Crippen LogP contribution in [0.25, 0.3) is 0 Å². The van der Waals surface area contributed by atoms with Crippen LogP contribution in [0.3, 0.4) is 0 Å². The molecule has 0 aromatic carbocycles.